The van der Waals surface area contributed by atoms with Crippen molar-refractivity contribution in [3.63, 3.8) is 0 Å². The molecule has 0 aromatic carbocycles. The van der Waals surface area contributed by atoms with E-state index in [9.17, 15) is 19.2 Å². The van der Waals surface area contributed by atoms with Gasteiger partial charge in [0.1, 0.15) is 5.92 Å². The van der Waals surface area contributed by atoms with E-state index in [4.69, 9.17) is 0 Å². The molecule has 0 bridgehead atoms. The van der Waals surface area contributed by atoms with Gasteiger partial charge in [-0.25, -0.2) is 0 Å². The molecule has 2 aliphatic heterocycles. The Balaban J connectivity index is 2.45. The summed E-state index contributed by atoms with van der Waals surface area (Å²) in [5.74, 6) is -6.11. The highest BCUT2D eigenvalue weighted by atomic mass is 16.5. The molecule has 2 rings (SSSR count). The molecule has 3 atom stereocenters. The SMILES string of the molecule is COC(=O)C(C(=O)OC)C1[C@H](C(=O)OC)C(=O)N2CCC[C@@H]12. The fourth-order valence-electron chi connectivity index (χ4n) is 3.50. The second-order valence-electron chi connectivity index (χ2n) is 5.34. The molecule has 0 saturated carbocycles. The van der Waals surface area contributed by atoms with E-state index in [-0.39, 0.29) is 6.04 Å². The Hall–Kier alpha value is -2.12. The lowest BCUT2D eigenvalue weighted by molar-refractivity contribution is -0.164. The van der Waals surface area contributed by atoms with Gasteiger partial charge in [-0.05, 0) is 12.8 Å². The summed E-state index contributed by atoms with van der Waals surface area (Å²) in [6, 6.07) is -0.361. The van der Waals surface area contributed by atoms with Crippen molar-refractivity contribution in [3.05, 3.63) is 0 Å². The van der Waals surface area contributed by atoms with E-state index in [0.29, 0.717) is 13.0 Å². The van der Waals surface area contributed by atoms with Gasteiger partial charge in [-0.3, -0.25) is 19.2 Å². The predicted molar refractivity (Wildman–Crippen MR) is 71.3 cm³/mol. The lowest BCUT2D eigenvalue weighted by atomic mass is 9.78. The van der Waals surface area contributed by atoms with Gasteiger partial charge in [0.2, 0.25) is 5.91 Å². The zero-order valence-electron chi connectivity index (χ0n) is 12.7. The highest BCUT2D eigenvalue weighted by molar-refractivity contribution is 6.03. The van der Waals surface area contributed by atoms with E-state index in [1.165, 1.54) is 7.11 Å². The van der Waals surface area contributed by atoms with Crippen LogP contribution in [0.4, 0.5) is 0 Å². The summed E-state index contributed by atoms with van der Waals surface area (Å²) in [5, 5.41) is 0. The van der Waals surface area contributed by atoms with E-state index >= 15 is 0 Å². The van der Waals surface area contributed by atoms with Crippen molar-refractivity contribution in [2.45, 2.75) is 18.9 Å². The molecule has 2 saturated heterocycles. The molecule has 1 unspecified atom stereocenters. The van der Waals surface area contributed by atoms with E-state index in [1.807, 2.05) is 0 Å². The fraction of sp³-hybridized carbons (Fsp3) is 0.714. The van der Waals surface area contributed by atoms with Crippen molar-refractivity contribution in [3.8, 4) is 0 Å². The number of hydrogen-bond donors (Lipinski definition) is 0. The van der Waals surface area contributed by atoms with Crippen LogP contribution in [0, 0.1) is 17.8 Å². The van der Waals surface area contributed by atoms with Gasteiger partial charge in [0.25, 0.3) is 0 Å². The number of esters is 3. The van der Waals surface area contributed by atoms with Crippen LogP contribution < -0.4 is 0 Å². The van der Waals surface area contributed by atoms with E-state index in [1.54, 1.807) is 4.90 Å². The van der Waals surface area contributed by atoms with E-state index < -0.39 is 41.6 Å². The molecule has 0 spiro atoms. The standard InChI is InChI=1S/C14H19NO7/c1-20-12(17)9-8(7-5-4-6-15(7)11(9)16)10(13(18)21-2)14(19)22-3/h7-10H,4-6H2,1-3H3/t7-,8?,9-/m0/s1. The van der Waals surface area contributed by atoms with Crippen LogP contribution in [0.15, 0.2) is 0 Å². The van der Waals surface area contributed by atoms with E-state index in [2.05, 4.69) is 14.2 Å². The summed E-state index contributed by atoms with van der Waals surface area (Å²) < 4.78 is 14.0. The number of rotatable bonds is 4. The minimum absolute atomic E-state index is 0.361. The van der Waals surface area contributed by atoms with Crippen LogP contribution in [0.2, 0.25) is 0 Å². The third-order valence-corrected chi connectivity index (χ3v) is 4.43. The second kappa shape index (κ2) is 6.33. The Labute approximate surface area is 127 Å². The first kappa shape index (κ1) is 16.3. The third-order valence-electron chi connectivity index (χ3n) is 4.43. The molecule has 0 aliphatic carbocycles. The van der Waals surface area contributed by atoms with Crippen LogP contribution in [-0.4, -0.2) is 62.6 Å². The van der Waals surface area contributed by atoms with E-state index in [0.717, 1.165) is 20.6 Å². The van der Waals surface area contributed by atoms with Gasteiger partial charge in [0, 0.05) is 18.5 Å². The molecule has 1 amide bonds. The van der Waals surface area contributed by atoms with Crippen molar-refractivity contribution in [1.29, 1.82) is 0 Å². The number of carbonyl (C=O) groups excluding carboxylic acids is 4. The number of fused-ring (bicyclic) bond motifs is 1. The van der Waals surface area contributed by atoms with Crippen LogP contribution in [0.25, 0.3) is 0 Å². The molecule has 22 heavy (non-hydrogen) atoms. The summed E-state index contributed by atoms with van der Waals surface area (Å²) >= 11 is 0. The number of carbonyl (C=O) groups is 4. The molecule has 0 aromatic rings. The monoisotopic (exact) mass is 313 g/mol. The van der Waals surface area contributed by atoms with Gasteiger partial charge in [-0.2, -0.15) is 0 Å². The molecular formula is C14H19NO7. The van der Waals surface area contributed by atoms with Crippen molar-refractivity contribution in [2.24, 2.45) is 17.8 Å². The van der Waals surface area contributed by atoms with Gasteiger partial charge >= 0.3 is 17.9 Å². The highest BCUT2D eigenvalue weighted by Crippen LogP contribution is 2.43. The maximum atomic E-state index is 12.4. The Morgan fingerprint density at radius 2 is 1.68 bits per heavy atom. The molecule has 2 fully saturated rings. The molecule has 0 N–H and O–H groups in total. The molecule has 0 aromatic heterocycles. The Kier molecular flexibility index (Phi) is 4.68. The zero-order chi connectivity index (χ0) is 16.4. The van der Waals surface area contributed by atoms with Gasteiger partial charge in [-0.15, -0.1) is 0 Å². The highest BCUT2D eigenvalue weighted by Gasteiger charge is 2.59. The van der Waals surface area contributed by atoms with Crippen molar-refractivity contribution in [2.75, 3.05) is 27.9 Å². The number of amides is 1. The van der Waals surface area contributed by atoms with Crippen molar-refractivity contribution < 1.29 is 33.4 Å². The largest absolute Gasteiger partial charge is 0.468 e. The maximum absolute atomic E-state index is 12.4. The van der Waals surface area contributed by atoms with Crippen LogP contribution >= 0.6 is 0 Å². The number of methoxy groups -OCH3 is 3. The topological polar surface area (TPSA) is 99.2 Å². The quantitative estimate of drug-likeness (QED) is 0.386. The number of hydrogen-bond acceptors (Lipinski definition) is 7. The Bertz CT molecular complexity index is 487. The lowest BCUT2D eigenvalue weighted by Crippen LogP contribution is -2.43. The van der Waals surface area contributed by atoms with Gasteiger partial charge in [0.15, 0.2) is 5.92 Å². The third kappa shape index (κ3) is 2.42. The Morgan fingerprint density at radius 3 is 2.18 bits per heavy atom. The van der Waals surface area contributed by atoms with Crippen molar-refractivity contribution in [1.82, 2.24) is 4.90 Å². The minimum atomic E-state index is -1.32. The molecule has 8 nitrogen and oxygen atoms in total. The minimum Gasteiger partial charge on any atom is -0.468 e. The molecule has 2 aliphatic rings. The summed E-state index contributed by atoms with van der Waals surface area (Å²) in [6.07, 6.45) is 1.38. The Morgan fingerprint density at radius 1 is 1.09 bits per heavy atom. The van der Waals surface area contributed by atoms with Gasteiger partial charge in [0.05, 0.1) is 21.3 Å². The summed E-state index contributed by atoms with van der Waals surface area (Å²) in [5.41, 5.74) is 0. The maximum Gasteiger partial charge on any atom is 0.320 e. The smallest absolute Gasteiger partial charge is 0.320 e. The molecule has 0 radical (unpaired) electrons. The normalized spacial score (nSPS) is 26.8. The fourth-order valence-corrected chi connectivity index (χ4v) is 3.50. The number of ether oxygens (including phenoxy) is 3. The van der Waals surface area contributed by atoms with Crippen molar-refractivity contribution >= 4 is 23.8 Å². The van der Waals surface area contributed by atoms with Crippen LogP contribution in [0.1, 0.15) is 12.8 Å². The van der Waals surface area contributed by atoms with Crippen LogP contribution in [0.3, 0.4) is 0 Å². The van der Waals surface area contributed by atoms with Crippen LogP contribution in [-0.2, 0) is 33.4 Å². The average Bonchev–Trinajstić information content (AvgIpc) is 3.10. The summed E-state index contributed by atoms with van der Waals surface area (Å²) in [6.45, 7) is 0.503. The van der Waals surface area contributed by atoms with Gasteiger partial charge in [-0.1, -0.05) is 0 Å². The summed E-state index contributed by atoms with van der Waals surface area (Å²) in [4.78, 5) is 50.1. The van der Waals surface area contributed by atoms with Crippen LogP contribution in [0.5, 0.6) is 0 Å². The molecule has 8 heteroatoms. The number of nitrogens with zero attached hydrogens (tertiary/aromatic N) is 1. The first-order valence-electron chi connectivity index (χ1n) is 7.01. The summed E-state index contributed by atoms with van der Waals surface area (Å²) in [7, 11) is 3.46. The second-order valence-corrected chi connectivity index (χ2v) is 5.34. The van der Waals surface area contributed by atoms with Gasteiger partial charge < -0.3 is 19.1 Å². The average molecular weight is 313 g/mol. The lowest BCUT2D eigenvalue weighted by Gasteiger charge is -2.26. The first-order chi connectivity index (χ1) is 10.5. The predicted octanol–water partition coefficient (Wildman–Crippen LogP) is -0.641. The molecule has 2 heterocycles. The molecule has 122 valence electrons. The zero-order valence-corrected chi connectivity index (χ0v) is 12.7. The molecular weight excluding hydrogens is 294 g/mol. The first-order valence-corrected chi connectivity index (χ1v) is 7.01.